The number of alkyl halides is 2. The molecule has 1 aromatic heterocycles. The van der Waals surface area contributed by atoms with E-state index in [2.05, 4.69) is 4.98 Å². The van der Waals surface area contributed by atoms with E-state index >= 15 is 0 Å². The summed E-state index contributed by atoms with van der Waals surface area (Å²) in [5.74, 6) is -0.548. The molecule has 0 saturated heterocycles. The Hall–Kier alpha value is -1.50. The van der Waals surface area contributed by atoms with E-state index in [0.29, 0.717) is 5.56 Å². The largest absolute Gasteiger partial charge is 0.485 e. The van der Waals surface area contributed by atoms with Crippen molar-refractivity contribution in [3.05, 3.63) is 46.0 Å². The van der Waals surface area contributed by atoms with E-state index in [9.17, 15) is 13.2 Å². The van der Waals surface area contributed by atoms with Gasteiger partial charge in [-0.1, -0.05) is 23.2 Å². The van der Waals surface area contributed by atoms with Gasteiger partial charge in [0.05, 0.1) is 10.7 Å². The molecule has 2 N–H and O–H groups in total. The molecule has 124 valence electrons. The molecule has 2 rings (SSSR count). The predicted molar refractivity (Wildman–Crippen MR) is 83.9 cm³/mol. The summed E-state index contributed by atoms with van der Waals surface area (Å²) in [5.41, 5.74) is 6.20. The van der Waals surface area contributed by atoms with Crippen molar-refractivity contribution in [2.24, 2.45) is 5.73 Å². The van der Waals surface area contributed by atoms with Crippen LogP contribution in [0.25, 0.3) is 11.1 Å². The number of hydrogen-bond acceptors (Lipinski definition) is 3. The van der Waals surface area contributed by atoms with Gasteiger partial charge in [0, 0.05) is 28.8 Å². The molecule has 1 heterocycles. The summed E-state index contributed by atoms with van der Waals surface area (Å²) >= 11 is 11.9. The van der Waals surface area contributed by atoms with Crippen molar-refractivity contribution in [3.63, 3.8) is 0 Å². The lowest BCUT2D eigenvalue weighted by Gasteiger charge is -2.14. The first-order valence-corrected chi connectivity index (χ1v) is 7.42. The molecule has 0 spiro atoms. The Labute approximate surface area is 141 Å². The fourth-order valence-electron chi connectivity index (χ4n) is 2.00. The van der Waals surface area contributed by atoms with Crippen molar-refractivity contribution >= 4 is 23.2 Å². The Morgan fingerprint density at radius 3 is 2.57 bits per heavy atom. The van der Waals surface area contributed by atoms with Gasteiger partial charge in [-0.15, -0.1) is 0 Å². The van der Waals surface area contributed by atoms with Gasteiger partial charge < -0.3 is 10.5 Å². The molecule has 0 saturated carbocycles. The minimum absolute atomic E-state index is 0.00383. The first kappa shape index (κ1) is 17.8. The van der Waals surface area contributed by atoms with Crippen LogP contribution in [0.5, 0.6) is 5.75 Å². The van der Waals surface area contributed by atoms with Crippen molar-refractivity contribution in [2.45, 2.75) is 12.8 Å². The SMILES string of the molecule is NCCc1ncc(-c2cc(Cl)cc(Cl)c2OCC(F)F)cc1F. The number of nitrogens with two attached hydrogens (primary N) is 1. The van der Waals surface area contributed by atoms with Gasteiger partial charge in [0.25, 0.3) is 6.43 Å². The maximum Gasteiger partial charge on any atom is 0.272 e. The summed E-state index contributed by atoms with van der Waals surface area (Å²) in [4.78, 5) is 4.00. The molecular formula is C15H13Cl2F3N2O. The maximum absolute atomic E-state index is 14.0. The van der Waals surface area contributed by atoms with E-state index in [1.807, 2.05) is 0 Å². The molecular weight excluding hydrogens is 352 g/mol. The summed E-state index contributed by atoms with van der Waals surface area (Å²) in [6, 6.07) is 4.03. The molecule has 0 bridgehead atoms. The normalized spacial score (nSPS) is 11.1. The second-order valence-corrected chi connectivity index (χ2v) is 5.50. The van der Waals surface area contributed by atoms with Crippen LogP contribution in [0.1, 0.15) is 5.69 Å². The van der Waals surface area contributed by atoms with E-state index in [-0.39, 0.29) is 40.0 Å². The van der Waals surface area contributed by atoms with Crippen LogP contribution in [-0.2, 0) is 6.42 Å². The van der Waals surface area contributed by atoms with Crippen LogP contribution >= 0.6 is 23.2 Å². The third-order valence-corrected chi connectivity index (χ3v) is 3.47. The van der Waals surface area contributed by atoms with Gasteiger partial charge >= 0.3 is 0 Å². The average Bonchev–Trinajstić information content (AvgIpc) is 2.47. The second-order valence-electron chi connectivity index (χ2n) is 4.66. The zero-order chi connectivity index (χ0) is 17.0. The first-order valence-electron chi connectivity index (χ1n) is 6.67. The lowest BCUT2D eigenvalue weighted by molar-refractivity contribution is 0.0822. The molecule has 1 aromatic carbocycles. The van der Waals surface area contributed by atoms with Crippen LogP contribution in [0.4, 0.5) is 13.2 Å². The quantitative estimate of drug-likeness (QED) is 0.829. The number of pyridine rings is 1. The molecule has 0 atom stereocenters. The van der Waals surface area contributed by atoms with Crippen molar-refractivity contribution in [1.29, 1.82) is 0 Å². The topological polar surface area (TPSA) is 48.1 Å². The van der Waals surface area contributed by atoms with Gasteiger partial charge in [-0.25, -0.2) is 13.2 Å². The van der Waals surface area contributed by atoms with Crippen molar-refractivity contribution in [2.75, 3.05) is 13.2 Å². The predicted octanol–water partition coefficient (Wildman–Crippen LogP) is 4.34. The van der Waals surface area contributed by atoms with Crippen molar-refractivity contribution in [3.8, 4) is 16.9 Å². The number of halogens is 5. The summed E-state index contributed by atoms with van der Waals surface area (Å²) in [5, 5.41) is 0.320. The van der Waals surface area contributed by atoms with E-state index in [4.69, 9.17) is 33.7 Å². The first-order chi connectivity index (χ1) is 10.9. The molecule has 0 amide bonds. The highest BCUT2D eigenvalue weighted by atomic mass is 35.5. The molecule has 8 heteroatoms. The van der Waals surface area contributed by atoms with E-state index in [1.165, 1.54) is 24.4 Å². The highest BCUT2D eigenvalue weighted by Gasteiger charge is 2.16. The smallest absolute Gasteiger partial charge is 0.272 e. The summed E-state index contributed by atoms with van der Waals surface area (Å²) in [6.07, 6.45) is -0.987. The minimum atomic E-state index is -2.67. The van der Waals surface area contributed by atoms with Crippen molar-refractivity contribution < 1.29 is 17.9 Å². The number of nitrogens with zero attached hydrogens (tertiary/aromatic N) is 1. The van der Waals surface area contributed by atoms with Crippen LogP contribution in [0.3, 0.4) is 0 Å². The standard InChI is InChI=1S/C15H13Cl2F3N2O/c16-9-4-10(15(11(17)5-9)23-7-14(19)20)8-3-12(18)13(1-2-21)22-6-8/h3-6,14H,1-2,7,21H2. The highest BCUT2D eigenvalue weighted by Crippen LogP contribution is 2.39. The highest BCUT2D eigenvalue weighted by molar-refractivity contribution is 6.36. The van der Waals surface area contributed by atoms with Crippen LogP contribution in [0.15, 0.2) is 24.4 Å². The summed E-state index contributed by atoms with van der Waals surface area (Å²) < 4.78 is 43.8. The van der Waals surface area contributed by atoms with Gasteiger partial charge in [0.2, 0.25) is 0 Å². The molecule has 23 heavy (non-hydrogen) atoms. The summed E-state index contributed by atoms with van der Waals surface area (Å²) in [7, 11) is 0. The molecule has 2 aromatic rings. The minimum Gasteiger partial charge on any atom is -0.485 e. The van der Waals surface area contributed by atoms with Crippen molar-refractivity contribution in [1.82, 2.24) is 4.98 Å². The maximum atomic E-state index is 14.0. The molecule has 0 fully saturated rings. The fraction of sp³-hybridized carbons (Fsp3) is 0.267. The number of rotatable bonds is 6. The van der Waals surface area contributed by atoms with E-state index < -0.39 is 18.8 Å². The fourth-order valence-corrected chi connectivity index (χ4v) is 2.55. The Kier molecular flexibility index (Phi) is 6.10. The number of benzene rings is 1. The van der Waals surface area contributed by atoms with Gasteiger partial charge in [-0.3, -0.25) is 4.98 Å². The van der Waals surface area contributed by atoms with Crippen LogP contribution in [-0.4, -0.2) is 24.6 Å². The van der Waals surface area contributed by atoms with Crippen LogP contribution in [0, 0.1) is 5.82 Å². The number of aromatic nitrogens is 1. The zero-order valence-corrected chi connectivity index (χ0v) is 13.3. The average molecular weight is 365 g/mol. The van der Waals surface area contributed by atoms with Crippen LogP contribution in [0.2, 0.25) is 10.0 Å². The molecule has 3 nitrogen and oxygen atoms in total. The number of ether oxygens (including phenoxy) is 1. The lowest BCUT2D eigenvalue weighted by atomic mass is 10.1. The lowest BCUT2D eigenvalue weighted by Crippen LogP contribution is -2.09. The third-order valence-electron chi connectivity index (χ3n) is 2.97. The Bertz CT molecular complexity index is 699. The molecule has 0 unspecified atom stereocenters. The van der Waals surface area contributed by atoms with Gasteiger partial charge in [-0.2, -0.15) is 0 Å². The van der Waals surface area contributed by atoms with E-state index in [1.54, 1.807) is 0 Å². The molecule has 0 aliphatic heterocycles. The Morgan fingerprint density at radius 2 is 1.96 bits per heavy atom. The third kappa shape index (κ3) is 4.50. The zero-order valence-electron chi connectivity index (χ0n) is 11.8. The molecule has 0 aliphatic rings. The monoisotopic (exact) mass is 364 g/mol. The van der Waals surface area contributed by atoms with Crippen LogP contribution < -0.4 is 10.5 Å². The summed E-state index contributed by atoms with van der Waals surface area (Å²) in [6.45, 7) is -0.579. The van der Waals surface area contributed by atoms with Gasteiger partial charge in [0.1, 0.15) is 18.2 Å². The van der Waals surface area contributed by atoms with Gasteiger partial charge in [-0.05, 0) is 24.7 Å². The Balaban J connectivity index is 2.47. The second kappa shape index (κ2) is 7.86. The number of hydrogen-bond donors (Lipinski definition) is 1. The molecule has 0 aliphatic carbocycles. The van der Waals surface area contributed by atoms with E-state index in [0.717, 1.165) is 0 Å². The Morgan fingerprint density at radius 1 is 1.22 bits per heavy atom. The van der Waals surface area contributed by atoms with Gasteiger partial charge in [0.15, 0.2) is 0 Å². The molecule has 0 radical (unpaired) electrons.